The molecule has 5 aromatic heterocycles. The SMILES string of the molecule is FC(F)(F)c1ccnc(N/N=C/c2ccc(CNc3ncccn3)cc2)n1.O=Cc1ccc(CNc2ncccn2)cc1.O=Cc1ccc(CNc2ncccn2)cc1.OCc1ccc(CNc2ncccn2)cc1.[2H]F. The van der Waals surface area contributed by atoms with Crippen LogP contribution in [0, 0.1) is 0 Å². The number of alkyl halides is 3. The van der Waals surface area contributed by atoms with E-state index in [1.165, 1.54) is 6.21 Å². The van der Waals surface area contributed by atoms with Crippen molar-refractivity contribution in [3.05, 3.63) is 233 Å². The lowest BCUT2D eigenvalue weighted by molar-refractivity contribution is -0.141. The van der Waals surface area contributed by atoms with Crippen molar-refractivity contribution in [3.63, 3.8) is 0 Å². The summed E-state index contributed by atoms with van der Waals surface area (Å²) in [4.78, 5) is 60.4. The molecule has 6 N–H and O–H groups in total. The summed E-state index contributed by atoms with van der Waals surface area (Å²) in [5.41, 5.74) is 8.69. The summed E-state index contributed by atoms with van der Waals surface area (Å²) >= 11 is 0. The van der Waals surface area contributed by atoms with Crippen molar-refractivity contribution < 1.29 is 32.6 Å². The van der Waals surface area contributed by atoms with Gasteiger partial charge >= 0.3 is 6.18 Å². The summed E-state index contributed by atoms with van der Waals surface area (Å²) in [6.07, 6.45) is 13.0. The first-order chi connectivity index (χ1) is 37.6. The van der Waals surface area contributed by atoms with Crippen molar-refractivity contribution in [1.29, 1.82) is 1.45 Å². The minimum Gasteiger partial charge on any atom is -0.392 e. The molecule has 0 amide bonds. The van der Waals surface area contributed by atoms with Gasteiger partial charge in [0.1, 0.15) is 18.3 Å². The highest BCUT2D eigenvalue weighted by Crippen LogP contribution is 2.27. The van der Waals surface area contributed by atoms with E-state index in [0.717, 1.165) is 58.2 Å². The van der Waals surface area contributed by atoms with Crippen molar-refractivity contribution in [1.82, 2.24) is 49.8 Å². The molecule has 0 saturated heterocycles. The Kier molecular flexibility index (Phi) is 22.9. The highest BCUT2D eigenvalue weighted by molar-refractivity contribution is 5.80. The van der Waals surface area contributed by atoms with Crippen molar-refractivity contribution in [2.45, 2.75) is 39.0 Å². The number of nitrogens with one attached hydrogen (secondary N) is 5. The summed E-state index contributed by atoms with van der Waals surface area (Å²) in [6, 6.07) is 37.8. The molecular formula is C53H50F4N16O3. The van der Waals surface area contributed by atoms with Gasteiger partial charge < -0.3 is 26.4 Å². The van der Waals surface area contributed by atoms with Crippen LogP contribution < -0.4 is 26.7 Å². The normalized spacial score (nSPS) is 10.4. The second-order valence-electron chi connectivity index (χ2n) is 15.3. The smallest absolute Gasteiger partial charge is 0.392 e. The van der Waals surface area contributed by atoms with Crippen LogP contribution in [0.15, 0.2) is 188 Å². The summed E-state index contributed by atoms with van der Waals surface area (Å²) in [5.74, 6) is 2.12. The number of carbonyl (C=O) groups is 2. The van der Waals surface area contributed by atoms with Gasteiger partial charge in [0.05, 0.1) is 12.8 Å². The van der Waals surface area contributed by atoms with Gasteiger partial charge in [0, 0.05) is 93.1 Å². The number of aliphatic hydroxyl groups excluding tert-OH is 1. The zero-order valence-electron chi connectivity index (χ0n) is 41.3. The van der Waals surface area contributed by atoms with E-state index < -0.39 is 11.9 Å². The Balaban J connectivity index is 0.000000193. The first-order valence-electron chi connectivity index (χ1n) is 23.1. The summed E-state index contributed by atoms with van der Waals surface area (Å²) in [5, 5.41) is 25.1. The average molecular weight is 1040 g/mol. The predicted octanol–water partition coefficient (Wildman–Crippen LogP) is 8.88. The van der Waals surface area contributed by atoms with Crippen molar-refractivity contribution >= 4 is 48.5 Å². The molecule has 4 aromatic carbocycles. The van der Waals surface area contributed by atoms with Crippen LogP contribution in [0.2, 0.25) is 0 Å². The lowest BCUT2D eigenvalue weighted by Gasteiger charge is -2.06. The molecule has 0 saturated carbocycles. The van der Waals surface area contributed by atoms with E-state index in [1.54, 1.807) is 98.1 Å². The molecule has 76 heavy (non-hydrogen) atoms. The second-order valence-corrected chi connectivity index (χ2v) is 15.3. The van der Waals surface area contributed by atoms with Gasteiger partial charge in [0.2, 0.25) is 29.7 Å². The van der Waals surface area contributed by atoms with Gasteiger partial charge in [-0.1, -0.05) is 97.1 Å². The zero-order chi connectivity index (χ0) is 54.8. The highest BCUT2D eigenvalue weighted by Gasteiger charge is 2.32. The largest absolute Gasteiger partial charge is 0.433 e. The van der Waals surface area contributed by atoms with Gasteiger partial charge in [-0.25, -0.2) is 55.3 Å². The molecule has 388 valence electrons. The second kappa shape index (κ2) is 31.4. The van der Waals surface area contributed by atoms with Gasteiger partial charge in [0.15, 0.2) is 0 Å². The maximum atomic E-state index is 12.6. The van der Waals surface area contributed by atoms with Crippen LogP contribution >= 0.6 is 0 Å². The molecule has 0 atom stereocenters. The fraction of sp³-hybridized carbons (Fsp3) is 0.113. The minimum absolute atomic E-state index is 0.0789. The van der Waals surface area contributed by atoms with E-state index in [1.807, 2.05) is 72.8 Å². The molecule has 0 unspecified atom stereocenters. The molecule has 0 bridgehead atoms. The van der Waals surface area contributed by atoms with Crippen molar-refractivity contribution in [3.8, 4) is 0 Å². The number of nitrogens with zero attached hydrogens (tertiary/aromatic N) is 11. The number of hydrogen-bond donors (Lipinski definition) is 6. The molecule has 19 nitrogen and oxygen atoms in total. The maximum absolute atomic E-state index is 12.6. The van der Waals surface area contributed by atoms with E-state index in [0.29, 0.717) is 61.1 Å². The number of aldehydes is 2. The fourth-order valence-electron chi connectivity index (χ4n) is 5.93. The van der Waals surface area contributed by atoms with E-state index in [9.17, 15) is 22.8 Å². The Morgan fingerprint density at radius 3 is 1.07 bits per heavy atom. The number of benzene rings is 4. The average Bonchev–Trinajstić information content (AvgIpc) is 3.49. The molecule has 0 aliphatic carbocycles. The van der Waals surface area contributed by atoms with E-state index in [2.05, 4.69) is 83.1 Å². The molecular weight excluding hydrogens is 985 g/mol. The van der Waals surface area contributed by atoms with E-state index in [4.69, 9.17) is 9.82 Å². The molecule has 0 aliphatic heterocycles. The summed E-state index contributed by atoms with van der Waals surface area (Å²) in [7, 11) is 0. The highest BCUT2D eigenvalue weighted by atomic mass is 19.4. The third-order valence-electron chi connectivity index (χ3n) is 9.81. The number of aliphatic hydroxyl groups is 1. The van der Waals surface area contributed by atoms with Crippen LogP contribution in [0.3, 0.4) is 0 Å². The van der Waals surface area contributed by atoms with Crippen LogP contribution in [-0.2, 0) is 39.0 Å². The number of anilines is 5. The molecule has 0 aliphatic rings. The van der Waals surface area contributed by atoms with E-state index in [-0.39, 0.29) is 12.6 Å². The first-order valence-corrected chi connectivity index (χ1v) is 22.7. The van der Waals surface area contributed by atoms with Gasteiger partial charge in [-0.15, -0.1) is 0 Å². The third-order valence-corrected chi connectivity index (χ3v) is 9.81. The molecule has 0 fully saturated rings. The quantitative estimate of drug-likeness (QED) is 0.0203. The van der Waals surface area contributed by atoms with Gasteiger partial charge in [-0.05, 0) is 63.7 Å². The Labute approximate surface area is 435 Å². The van der Waals surface area contributed by atoms with Crippen LogP contribution in [0.5, 0.6) is 0 Å². The minimum atomic E-state index is -4.53. The molecule has 9 aromatic rings. The molecule has 23 heteroatoms. The van der Waals surface area contributed by atoms with Gasteiger partial charge in [0.25, 0.3) is 1.45 Å². The van der Waals surface area contributed by atoms with Gasteiger partial charge in [-0.2, -0.15) is 18.3 Å². The maximum Gasteiger partial charge on any atom is 0.433 e. The molecule has 9 rings (SSSR count). The van der Waals surface area contributed by atoms with Gasteiger partial charge in [-0.3, -0.25) is 14.3 Å². The third kappa shape index (κ3) is 21.0. The Bertz CT molecular complexity index is 2980. The number of hydrogen-bond acceptors (Lipinski definition) is 19. The van der Waals surface area contributed by atoms with Crippen LogP contribution in [0.25, 0.3) is 0 Å². The monoisotopic (exact) mass is 1040 g/mol. The number of halogens is 4. The topological polar surface area (TPSA) is 256 Å². The first kappa shape index (κ1) is 55.3. The Morgan fingerprint density at radius 2 is 0.750 bits per heavy atom. The van der Waals surface area contributed by atoms with Crippen molar-refractivity contribution in [2.75, 3.05) is 26.7 Å². The number of aromatic nitrogens is 10. The Morgan fingerprint density at radius 1 is 0.447 bits per heavy atom. The van der Waals surface area contributed by atoms with Crippen LogP contribution in [-0.4, -0.2) is 75.2 Å². The molecule has 0 radical (unpaired) electrons. The summed E-state index contributed by atoms with van der Waals surface area (Å²) in [6.45, 7) is 2.59. The Hall–Kier alpha value is -10.0. The summed E-state index contributed by atoms with van der Waals surface area (Å²) < 4.78 is 50.8. The van der Waals surface area contributed by atoms with Crippen molar-refractivity contribution in [2.24, 2.45) is 5.10 Å². The van der Waals surface area contributed by atoms with E-state index >= 15 is 0 Å². The predicted molar refractivity (Wildman–Crippen MR) is 281 cm³/mol. The number of rotatable bonds is 18. The van der Waals surface area contributed by atoms with Crippen LogP contribution in [0.1, 0.15) is 59.8 Å². The molecule has 0 spiro atoms. The standard InChI is InChI=1S/C17H14F3N7.C12H13N3O.2C12H11N3O.FH/c18-17(19,20)14-6-9-23-16(26-14)27-25-11-13-4-2-12(3-5-13)10-24-15-21-7-1-8-22-15;3*16-9-11-4-2-10(3-5-11)8-15-12-13-6-1-7-14-12;/h1-9,11H,10H2,(H,21,22,24)(H,23,26,27);1-7,16H,8-9H2,(H,13,14,15);2*1-7,9H,8H2,(H,13,14,15);1H/b25-11+;;;;/i/hD. The number of hydrazone groups is 1. The zero-order valence-corrected chi connectivity index (χ0v) is 40.3. The van der Waals surface area contributed by atoms with Crippen LogP contribution in [0.4, 0.5) is 47.6 Å². The lowest BCUT2D eigenvalue weighted by atomic mass is 10.1. The fourth-order valence-corrected chi connectivity index (χ4v) is 5.93. The number of carbonyl (C=O) groups excluding carboxylic acids is 2. The lowest BCUT2D eigenvalue weighted by Crippen LogP contribution is -2.09. The molecule has 5 heterocycles.